The molecule has 1 aromatic rings. The van der Waals surface area contributed by atoms with Crippen LogP contribution in [0.3, 0.4) is 0 Å². The van der Waals surface area contributed by atoms with Crippen molar-refractivity contribution < 1.29 is 4.74 Å². The molecule has 0 radical (unpaired) electrons. The fourth-order valence-electron chi connectivity index (χ4n) is 3.27. The van der Waals surface area contributed by atoms with E-state index >= 15 is 0 Å². The van der Waals surface area contributed by atoms with Crippen LogP contribution < -0.4 is 10.2 Å². The van der Waals surface area contributed by atoms with E-state index in [1.54, 1.807) is 13.4 Å². The van der Waals surface area contributed by atoms with Crippen LogP contribution in [0, 0.1) is 0 Å². The standard InChI is InChI=1S/C14H22N4O/c1-9-6-11(19-3)13-12(9)14(17-8-16-13)18-5-4-15-7-10(18)2/h8-11,15H,4-7H2,1-3H3/t9-,10?,11-/m1/s1. The van der Waals surface area contributed by atoms with Crippen LogP contribution in [-0.2, 0) is 4.74 Å². The van der Waals surface area contributed by atoms with Crippen LogP contribution in [0.1, 0.15) is 43.5 Å². The van der Waals surface area contributed by atoms with Crippen molar-refractivity contribution in [2.75, 3.05) is 31.6 Å². The van der Waals surface area contributed by atoms with Gasteiger partial charge in [0.2, 0.25) is 0 Å². The van der Waals surface area contributed by atoms with Crippen molar-refractivity contribution in [1.82, 2.24) is 15.3 Å². The van der Waals surface area contributed by atoms with Gasteiger partial charge in [-0.3, -0.25) is 0 Å². The smallest absolute Gasteiger partial charge is 0.136 e. The van der Waals surface area contributed by atoms with Crippen LogP contribution in [0.15, 0.2) is 6.33 Å². The largest absolute Gasteiger partial charge is 0.375 e. The number of aromatic nitrogens is 2. The Morgan fingerprint density at radius 1 is 1.37 bits per heavy atom. The first-order valence-corrected chi connectivity index (χ1v) is 7.07. The van der Waals surface area contributed by atoms with Crippen molar-refractivity contribution in [3.8, 4) is 0 Å². The predicted octanol–water partition coefficient (Wildman–Crippen LogP) is 1.47. The maximum atomic E-state index is 5.56. The predicted molar refractivity (Wildman–Crippen MR) is 74.5 cm³/mol. The Morgan fingerprint density at radius 3 is 2.95 bits per heavy atom. The van der Waals surface area contributed by atoms with Crippen LogP contribution in [0.5, 0.6) is 0 Å². The molecule has 1 fully saturated rings. The molecule has 0 aromatic carbocycles. The van der Waals surface area contributed by atoms with Gasteiger partial charge in [-0.15, -0.1) is 0 Å². The summed E-state index contributed by atoms with van der Waals surface area (Å²) in [7, 11) is 1.77. The minimum absolute atomic E-state index is 0.130. The third-order valence-electron chi connectivity index (χ3n) is 4.32. The lowest BCUT2D eigenvalue weighted by molar-refractivity contribution is 0.0982. The number of nitrogens with zero attached hydrogens (tertiary/aromatic N) is 3. The van der Waals surface area contributed by atoms with Gasteiger partial charge < -0.3 is 15.0 Å². The Kier molecular flexibility index (Phi) is 3.41. The number of hydrogen-bond acceptors (Lipinski definition) is 5. The Hall–Kier alpha value is -1.20. The van der Waals surface area contributed by atoms with E-state index in [0.29, 0.717) is 12.0 Å². The maximum absolute atomic E-state index is 5.56. The zero-order valence-electron chi connectivity index (χ0n) is 11.9. The summed E-state index contributed by atoms with van der Waals surface area (Å²) in [5.41, 5.74) is 2.38. The summed E-state index contributed by atoms with van der Waals surface area (Å²) in [5.74, 6) is 1.59. The fourth-order valence-corrected chi connectivity index (χ4v) is 3.27. The molecule has 104 valence electrons. The minimum atomic E-state index is 0.130. The van der Waals surface area contributed by atoms with Crippen LogP contribution in [0.4, 0.5) is 5.82 Å². The molecule has 19 heavy (non-hydrogen) atoms. The molecule has 1 saturated heterocycles. The highest BCUT2D eigenvalue weighted by Crippen LogP contribution is 2.44. The molecule has 1 N–H and O–H groups in total. The van der Waals surface area contributed by atoms with E-state index in [0.717, 1.165) is 37.6 Å². The molecule has 3 atom stereocenters. The van der Waals surface area contributed by atoms with Gasteiger partial charge in [-0.25, -0.2) is 9.97 Å². The Morgan fingerprint density at radius 2 is 2.21 bits per heavy atom. The third-order valence-corrected chi connectivity index (χ3v) is 4.32. The average Bonchev–Trinajstić information content (AvgIpc) is 2.76. The average molecular weight is 262 g/mol. The van der Waals surface area contributed by atoms with E-state index in [1.807, 2.05) is 0 Å². The first kappa shape index (κ1) is 12.8. The Balaban J connectivity index is 2.01. The molecular formula is C14H22N4O. The number of hydrogen-bond donors (Lipinski definition) is 1. The number of piperazine rings is 1. The molecule has 2 heterocycles. The van der Waals surface area contributed by atoms with Gasteiger partial charge in [0.15, 0.2) is 0 Å². The lowest BCUT2D eigenvalue weighted by Gasteiger charge is -2.36. The molecule has 2 aliphatic rings. The highest BCUT2D eigenvalue weighted by molar-refractivity contribution is 5.54. The zero-order valence-corrected chi connectivity index (χ0v) is 11.9. The molecule has 0 spiro atoms. The van der Waals surface area contributed by atoms with Gasteiger partial charge in [0.25, 0.3) is 0 Å². The number of nitrogens with one attached hydrogen (secondary N) is 1. The monoisotopic (exact) mass is 262 g/mol. The summed E-state index contributed by atoms with van der Waals surface area (Å²) in [4.78, 5) is 11.4. The second-order valence-corrected chi connectivity index (χ2v) is 5.60. The third kappa shape index (κ3) is 2.11. The van der Waals surface area contributed by atoms with Crippen LogP contribution in [-0.4, -0.2) is 42.8 Å². The van der Waals surface area contributed by atoms with E-state index in [4.69, 9.17) is 4.74 Å². The summed E-state index contributed by atoms with van der Waals surface area (Å²) in [6.07, 6.45) is 2.83. The van der Waals surface area contributed by atoms with Crippen LogP contribution >= 0.6 is 0 Å². The maximum Gasteiger partial charge on any atom is 0.136 e. The number of ether oxygens (including phenoxy) is 1. The van der Waals surface area contributed by atoms with E-state index in [1.165, 1.54) is 5.56 Å². The van der Waals surface area contributed by atoms with E-state index in [2.05, 4.69) is 34.0 Å². The summed E-state index contributed by atoms with van der Waals surface area (Å²) < 4.78 is 5.56. The first-order valence-electron chi connectivity index (χ1n) is 7.07. The fraction of sp³-hybridized carbons (Fsp3) is 0.714. The molecule has 1 aliphatic carbocycles. The van der Waals surface area contributed by atoms with Crippen molar-refractivity contribution in [3.63, 3.8) is 0 Å². The highest BCUT2D eigenvalue weighted by atomic mass is 16.5. The lowest BCUT2D eigenvalue weighted by Crippen LogP contribution is -2.50. The van der Waals surface area contributed by atoms with Gasteiger partial charge >= 0.3 is 0 Å². The molecule has 5 heteroatoms. The lowest BCUT2D eigenvalue weighted by atomic mass is 10.0. The Labute approximate surface area is 114 Å². The van der Waals surface area contributed by atoms with Gasteiger partial charge in [0.05, 0.1) is 5.69 Å². The summed E-state index contributed by atoms with van der Waals surface area (Å²) in [6, 6.07) is 0.474. The van der Waals surface area contributed by atoms with Gasteiger partial charge in [-0.2, -0.15) is 0 Å². The molecule has 0 saturated carbocycles. The molecular weight excluding hydrogens is 240 g/mol. The van der Waals surface area contributed by atoms with E-state index < -0.39 is 0 Å². The van der Waals surface area contributed by atoms with Gasteiger partial charge in [0, 0.05) is 38.3 Å². The van der Waals surface area contributed by atoms with Crippen molar-refractivity contribution in [3.05, 3.63) is 17.6 Å². The SMILES string of the molecule is CO[C@@H]1C[C@@H](C)c2c1ncnc2N1CCNCC1C. The molecule has 1 aromatic heterocycles. The molecule has 1 aliphatic heterocycles. The molecule has 0 amide bonds. The van der Waals surface area contributed by atoms with E-state index in [-0.39, 0.29) is 6.10 Å². The zero-order chi connectivity index (χ0) is 13.4. The number of fused-ring (bicyclic) bond motifs is 1. The molecule has 0 bridgehead atoms. The van der Waals surface area contributed by atoms with Gasteiger partial charge in [-0.1, -0.05) is 6.92 Å². The summed E-state index contributed by atoms with van der Waals surface area (Å²) in [5, 5.41) is 3.42. The van der Waals surface area contributed by atoms with Crippen molar-refractivity contribution in [2.24, 2.45) is 0 Å². The van der Waals surface area contributed by atoms with E-state index in [9.17, 15) is 0 Å². The Bertz CT molecular complexity index is 465. The number of anilines is 1. The van der Waals surface area contributed by atoms with Crippen molar-refractivity contribution in [2.45, 2.75) is 38.3 Å². The van der Waals surface area contributed by atoms with Gasteiger partial charge in [-0.05, 0) is 19.3 Å². The van der Waals surface area contributed by atoms with Crippen molar-refractivity contribution in [1.29, 1.82) is 0 Å². The number of rotatable bonds is 2. The second kappa shape index (κ2) is 5.06. The summed E-state index contributed by atoms with van der Waals surface area (Å²) in [6.45, 7) is 7.53. The molecule has 5 nitrogen and oxygen atoms in total. The number of methoxy groups -OCH3 is 1. The quantitative estimate of drug-likeness (QED) is 0.874. The highest BCUT2D eigenvalue weighted by Gasteiger charge is 2.35. The first-order chi connectivity index (χ1) is 9.22. The second-order valence-electron chi connectivity index (χ2n) is 5.60. The van der Waals surface area contributed by atoms with Crippen LogP contribution in [0.2, 0.25) is 0 Å². The normalized spacial score (nSPS) is 30.5. The summed E-state index contributed by atoms with van der Waals surface area (Å²) >= 11 is 0. The molecule has 3 rings (SSSR count). The van der Waals surface area contributed by atoms with Gasteiger partial charge in [0.1, 0.15) is 18.2 Å². The van der Waals surface area contributed by atoms with Crippen LogP contribution in [0.25, 0.3) is 0 Å². The topological polar surface area (TPSA) is 50.3 Å². The minimum Gasteiger partial charge on any atom is -0.375 e. The molecule has 1 unspecified atom stereocenters. The van der Waals surface area contributed by atoms with Crippen molar-refractivity contribution >= 4 is 5.82 Å².